The van der Waals surface area contributed by atoms with Crippen LogP contribution in [0, 0.1) is 6.92 Å². The normalized spacial score (nSPS) is 15.1. The highest BCUT2D eigenvalue weighted by molar-refractivity contribution is 7.89. The van der Waals surface area contributed by atoms with Gasteiger partial charge in [-0.2, -0.15) is 4.31 Å². The maximum absolute atomic E-state index is 12.7. The van der Waals surface area contributed by atoms with Crippen LogP contribution in [0.5, 0.6) is 0 Å². The average Bonchev–Trinajstić information content (AvgIpc) is 3.23. The first-order chi connectivity index (χ1) is 14.4. The molecular formula is C21H21N3O4S2. The van der Waals surface area contributed by atoms with Crippen LogP contribution in [-0.2, 0) is 14.8 Å². The van der Waals surface area contributed by atoms with Gasteiger partial charge in [-0.25, -0.2) is 13.4 Å². The number of benzene rings is 2. The molecule has 0 aliphatic carbocycles. The van der Waals surface area contributed by atoms with E-state index >= 15 is 0 Å². The summed E-state index contributed by atoms with van der Waals surface area (Å²) in [6.45, 7) is 3.47. The van der Waals surface area contributed by atoms with Crippen LogP contribution in [-0.4, -0.2) is 49.9 Å². The number of anilines is 1. The van der Waals surface area contributed by atoms with Crippen molar-refractivity contribution < 1.29 is 17.9 Å². The summed E-state index contributed by atoms with van der Waals surface area (Å²) < 4.78 is 32.1. The molecule has 4 rings (SSSR count). The average molecular weight is 444 g/mol. The molecule has 1 aliphatic rings. The number of carbonyl (C=O) groups is 1. The molecule has 0 spiro atoms. The van der Waals surface area contributed by atoms with E-state index in [0.717, 1.165) is 11.1 Å². The van der Waals surface area contributed by atoms with E-state index in [0.29, 0.717) is 42.7 Å². The third kappa shape index (κ3) is 4.44. The highest BCUT2D eigenvalue weighted by atomic mass is 32.2. The number of rotatable bonds is 5. The Kier molecular flexibility index (Phi) is 5.96. The van der Waals surface area contributed by atoms with Gasteiger partial charge >= 0.3 is 0 Å². The monoisotopic (exact) mass is 443 g/mol. The van der Waals surface area contributed by atoms with Crippen LogP contribution < -0.4 is 5.32 Å². The van der Waals surface area contributed by atoms with E-state index < -0.39 is 10.0 Å². The van der Waals surface area contributed by atoms with Gasteiger partial charge in [-0.3, -0.25) is 10.1 Å². The standard InChI is InChI=1S/C21H21N3O4S2/c1-15-3-2-4-17(13-15)20(25)23-21-22-19(14-29-21)16-5-7-18(8-6-16)30(26,27)24-9-11-28-12-10-24/h2-8,13-14H,9-12H2,1H3,(H,22,23,25). The van der Waals surface area contributed by atoms with Crippen molar-refractivity contribution in [3.05, 3.63) is 65.0 Å². The lowest BCUT2D eigenvalue weighted by Gasteiger charge is -2.26. The summed E-state index contributed by atoms with van der Waals surface area (Å²) in [6, 6.07) is 14.0. The Bertz CT molecular complexity index is 1150. The fourth-order valence-corrected chi connectivity index (χ4v) is 5.28. The number of hydrogen-bond acceptors (Lipinski definition) is 6. The van der Waals surface area contributed by atoms with Crippen molar-refractivity contribution in [2.75, 3.05) is 31.6 Å². The van der Waals surface area contributed by atoms with E-state index in [1.165, 1.54) is 15.6 Å². The zero-order valence-corrected chi connectivity index (χ0v) is 18.0. The Morgan fingerprint density at radius 1 is 1.13 bits per heavy atom. The number of amides is 1. The molecule has 0 saturated carbocycles. The first-order valence-corrected chi connectivity index (χ1v) is 11.8. The van der Waals surface area contributed by atoms with Gasteiger partial charge in [0, 0.05) is 29.6 Å². The number of nitrogens with zero attached hydrogens (tertiary/aromatic N) is 2. The predicted octanol–water partition coefficient (Wildman–Crippen LogP) is 3.39. The van der Waals surface area contributed by atoms with Crippen LogP contribution in [0.25, 0.3) is 11.3 Å². The van der Waals surface area contributed by atoms with Crippen LogP contribution in [0.3, 0.4) is 0 Å². The molecule has 1 aromatic heterocycles. The molecule has 7 nitrogen and oxygen atoms in total. The maximum Gasteiger partial charge on any atom is 0.257 e. The number of sulfonamides is 1. The molecule has 1 amide bonds. The highest BCUT2D eigenvalue weighted by Crippen LogP contribution is 2.27. The molecule has 30 heavy (non-hydrogen) atoms. The molecule has 156 valence electrons. The lowest BCUT2D eigenvalue weighted by Crippen LogP contribution is -2.40. The fraction of sp³-hybridized carbons (Fsp3) is 0.238. The number of ether oxygens (including phenoxy) is 1. The van der Waals surface area contributed by atoms with Gasteiger partial charge in [-0.15, -0.1) is 11.3 Å². The number of morpholine rings is 1. The third-order valence-electron chi connectivity index (χ3n) is 4.76. The molecule has 0 radical (unpaired) electrons. The summed E-state index contributed by atoms with van der Waals surface area (Å²) in [4.78, 5) is 17.1. The number of carbonyl (C=O) groups excluding carboxylic acids is 1. The minimum Gasteiger partial charge on any atom is -0.379 e. The van der Waals surface area contributed by atoms with Crippen LogP contribution in [0.15, 0.2) is 58.8 Å². The van der Waals surface area contributed by atoms with E-state index in [1.807, 2.05) is 30.5 Å². The molecule has 3 aromatic rings. The second kappa shape index (κ2) is 8.65. The predicted molar refractivity (Wildman–Crippen MR) is 116 cm³/mol. The Labute approximate surface area is 179 Å². The second-order valence-electron chi connectivity index (χ2n) is 6.90. The van der Waals surface area contributed by atoms with Crippen molar-refractivity contribution in [1.82, 2.24) is 9.29 Å². The molecule has 1 N–H and O–H groups in total. The van der Waals surface area contributed by atoms with Crippen LogP contribution in [0.4, 0.5) is 5.13 Å². The largest absolute Gasteiger partial charge is 0.379 e. The minimum absolute atomic E-state index is 0.216. The summed E-state index contributed by atoms with van der Waals surface area (Å²) in [7, 11) is -3.53. The fourth-order valence-electron chi connectivity index (χ4n) is 3.15. The Morgan fingerprint density at radius 3 is 2.57 bits per heavy atom. The smallest absolute Gasteiger partial charge is 0.257 e. The lowest BCUT2D eigenvalue weighted by molar-refractivity contribution is 0.0730. The van der Waals surface area contributed by atoms with E-state index in [4.69, 9.17) is 4.74 Å². The number of hydrogen-bond donors (Lipinski definition) is 1. The molecule has 1 saturated heterocycles. The van der Waals surface area contributed by atoms with Crippen LogP contribution in [0.1, 0.15) is 15.9 Å². The summed E-state index contributed by atoms with van der Waals surface area (Å²) in [5, 5.41) is 5.13. The van der Waals surface area contributed by atoms with Gasteiger partial charge in [-0.1, -0.05) is 29.8 Å². The first kappa shape index (κ1) is 20.7. The minimum atomic E-state index is -3.53. The van der Waals surface area contributed by atoms with Crippen LogP contribution in [0.2, 0.25) is 0 Å². The number of aromatic nitrogens is 1. The Hall–Kier alpha value is -2.59. The summed E-state index contributed by atoms with van der Waals surface area (Å²) >= 11 is 1.32. The van der Waals surface area contributed by atoms with E-state index in [1.54, 1.807) is 30.3 Å². The van der Waals surface area contributed by atoms with Crippen molar-refractivity contribution >= 4 is 32.4 Å². The molecule has 0 bridgehead atoms. The SMILES string of the molecule is Cc1cccc(C(=O)Nc2nc(-c3ccc(S(=O)(=O)N4CCOCC4)cc3)cs2)c1. The van der Waals surface area contributed by atoms with Crippen molar-refractivity contribution in [2.24, 2.45) is 0 Å². The van der Waals surface area contributed by atoms with Gasteiger partial charge in [-0.05, 0) is 31.2 Å². The van der Waals surface area contributed by atoms with Crippen LogP contribution >= 0.6 is 11.3 Å². The quantitative estimate of drug-likeness (QED) is 0.653. The molecule has 1 fully saturated rings. The number of thiazole rings is 1. The molecule has 2 heterocycles. The summed E-state index contributed by atoms with van der Waals surface area (Å²) in [5.41, 5.74) is 3.04. The lowest BCUT2D eigenvalue weighted by atomic mass is 10.1. The zero-order chi connectivity index (χ0) is 21.1. The molecule has 0 unspecified atom stereocenters. The zero-order valence-electron chi connectivity index (χ0n) is 16.4. The Balaban J connectivity index is 1.48. The van der Waals surface area contributed by atoms with E-state index in [-0.39, 0.29) is 10.8 Å². The third-order valence-corrected chi connectivity index (χ3v) is 7.43. The van der Waals surface area contributed by atoms with Gasteiger partial charge < -0.3 is 4.74 Å². The number of aryl methyl sites for hydroxylation is 1. The topological polar surface area (TPSA) is 88.6 Å². The van der Waals surface area contributed by atoms with Gasteiger partial charge in [0.1, 0.15) is 0 Å². The van der Waals surface area contributed by atoms with Crippen molar-refractivity contribution in [1.29, 1.82) is 0 Å². The molecule has 0 atom stereocenters. The molecule has 1 aliphatic heterocycles. The number of nitrogens with one attached hydrogen (secondary N) is 1. The Morgan fingerprint density at radius 2 is 1.87 bits per heavy atom. The van der Waals surface area contributed by atoms with Crippen molar-refractivity contribution in [2.45, 2.75) is 11.8 Å². The maximum atomic E-state index is 12.7. The van der Waals surface area contributed by atoms with E-state index in [9.17, 15) is 13.2 Å². The van der Waals surface area contributed by atoms with E-state index in [2.05, 4.69) is 10.3 Å². The molecule has 2 aromatic carbocycles. The van der Waals surface area contributed by atoms with Crippen molar-refractivity contribution in [3.8, 4) is 11.3 Å². The van der Waals surface area contributed by atoms with Gasteiger partial charge in [0.05, 0.1) is 23.8 Å². The highest BCUT2D eigenvalue weighted by Gasteiger charge is 2.26. The van der Waals surface area contributed by atoms with Crippen molar-refractivity contribution in [3.63, 3.8) is 0 Å². The first-order valence-electron chi connectivity index (χ1n) is 9.45. The summed E-state index contributed by atoms with van der Waals surface area (Å²) in [5.74, 6) is -0.216. The second-order valence-corrected chi connectivity index (χ2v) is 9.70. The summed E-state index contributed by atoms with van der Waals surface area (Å²) in [6.07, 6.45) is 0. The van der Waals surface area contributed by atoms with Gasteiger partial charge in [0.25, 0.3) is 5.91 Å². The molecule has 9 heteroatoms. The molecular weight excluding hydrogens is 422 g/mol. The van der Waals surface area contributed by atoms with Gasteiger partial charge in [0.2, 0.25) is 10.0 Å². The van der Waals surface area contributed by atoms with Gasteiger partial charge in [0.15, 0.2) is 5.13 Å².